The molecule has 1 aromatic carbocycles. The van der Waals surface area contributed by atoms with E-state index in [9.17, 15) is 0 Å². The zero-order valence-corrected chi connectivity index (χ0v) is 8.87. The Kier molecular flexibility index (Phi) is 5.09. The van der Waals surface area contributed by atoms with Crippen LogP contribution in [0.15, 0.2) is 29.6 Å². The van der Waals surface area contributed by atoms with Crippen LogP contribution in [0.1, 0.15) is 0 Å². The van der Waals surface area contributed by atoms with Crippen molar-refractivity contribution in [2.45, 2.75) is 0 Å². The molecule has 11 heavy (non-hydrogen) atoms. The van der Waals surface area contributed by atoms with Crippen LogP contribution < -0.4 is 12.4 Å². The molecule has 0 aliphatic heterocycles. The van der Waals surface area contributed by atoms with E-state index in [1.54, 1.807) is 11.3 Å². The van der Waals surface area contributed by atoms with Gasteiger partial charge in [-0.25, -0.2) is 11.3 Å². The summed E-state index contributed by atoms with van der Waals surface area (Å²) in [5.74, 6) is 0. The van der Waals surface area contributed by atoms with Gasteiger partial charge in [0.1, 0.15) is 0 Å². The van der Waals surface area contributed by atoms with Gasteiger partial charge in [-0.1, -0.05) is 16.1 Å². The van der Waals surface area contributed by atoms with Gasteiger partial charge in [-0.3, -0.25) is 0 Å². The van der Waals surface area contributed by atoms with Gasteiger partial charge in [0, 0.05) is 0 Å². The molecule has 1 aromatic heterocycles. The molecule has 0 aliphatic carbocycles. The first kappa shape index (κ1) is 11.2. The van der Waals surface area contributed by atoms with Crippen LogP contribution in [0.5, 0.6) is 0 Å². The number of hydrogen-bond acceptors (Lipinski definition) is 1. The molecular weight excluding hydrogens is 188 g/mol. The molecule has 52 valence electrons. The van der Waals surface area contributed by atoms with Crippen molar-refractivity contribution in [2.75, 3.05) is 0 Å². The van der Waals surface area contributed by atoms with Crippen molar-refractivity contribution in [1.29, 1.82) is 0 Å². The predicted molar refractivity (Wildman–Crippen MR) is 46.4 cm³/mol. The molecule has 2 aromatic rings. The summed E-state index contributed by atoms with van der Waals surface area (Å²) in [5, 5.41) is 3.22. The molecule has 0 spiro atoms. The fourth-order valence-corrected chi connectivity index (χ4v) is 1.57. The number of halogens is 1. The summed E-state index contributed by atoms with van der Waals surface area (Å²) in [6.07, 6.45) is 0. The minimum Gasteiger partial charge on any atom is -1.00 e. The van der Waals surface area contributed by atoms with E-state index in [0.29, 0.717) is 0 Å². The molecule has 0 aliphatic rings. The zero-order valence-electron chi connectivity index (χ0n) is 5.88. The topological polar surface area (TPSA) is 0 Å². The predicted octanol–water partition coefficient (Wildman–Crippen LogP) is -0.675. The van der Waals surface area contributed by atoms with Crippen molar-refractivity contribution in [3.63, 3.8) is 0 Å². The van der Waals surface area contributed by atoms with Gasteiger partial charge in [-0.2, -0.15) is 17.5 Å². The molecule has 0 saturated carbocycles. The Hall–Kier alpha value is 0.236. The number of fused-ring (bicyclic) bond motifs is 1. The first-order valence-corrected chi connectivity index (χ1v) is 3.69. The first-order valence-electron chi connectivity index (χ1n) is 2.81. The molecule has 1 heterocycles. The van der Waals surface area contributed by atoms with Crippen LogP contribution in [-0.4, -0.2) is 23.1 Å². The first-order chi connectivity index (χ1) is 4.47. The molecule has 0 nitrogen and oxygen atoms in total. The third-order valence-electron chi connectivity index (χ3n) is 1.29. The maximum Gasteiger partial charge on any atom is 2.00 e. The molecule has 0 saturated heterocycles. The van der Waals surface area contributed by atoms with E-state index >= 15 is 0 Å². The molecule has 2 rings (SSSR count). The quantitative estimate of drug-likeness (QED) is 0.384. The van der Waals surface area contributed by atoms with Gasteiger partial charge >= 0.3 is 23.1 Å². The molecule has 0 bridgehead atoms. The molecule has 0 unspecified atom stereocenters. The van der Waals surface area contributed by atoms with Gasteiger partial charge in [-0.05, 0) is 0 Å². The molecule has 0 fully saturated rings. The second-order valence-corrected chi connectivity index (χ2v) is 2.79. The van der Waals surface area contributed by atoms with Gasteiger partial charge in [0.2, 0.25) is 0 Å². The van der Waals surface area contributed by atoms with E-state index in [4.69, 9.17) is 0 Å². The van der Waals surface area contributed by atoms with Crippen molar-refractivity contribution in [1.82, 2.24) is 0 Å². The average molecular weight is 193 g/mol. The minimum atomic E-state index is 0. The molecule has 3 heteroatoms. The second-order valence-electron chi connectivity index (χ2n) is 1.88. The third kappa shape index (κ3) is 2.34. The molecular formula is C8H5ClMgS. The van der Waals surface area contributed by atoms with Crippen molar-refractivity contribution in [3.8, 4) is 0 Å². The maximum absolute atomic E-state index is 3.14. The van der Waals surface area contributed by atoms with Crippen LogP contribution in [0, 0.1) is 6.07 Å². The Morgan fingerprint density at radius 1 is 1.18 bits per heavy atom. The Morgan fingerprint density at radius 3 is 2.64 bits per heavy atom. The fourth-order valence-electron chi connectivity index (χ4n) is 0.845. The van der Waals surface area contributed by atoms with Crippen molar-refractivity contribution in [2.24, 2.45) is 0 Å². The van der Waals surface area contributed by atoms with Gasteiger partial charge in [-0.15, -0.1) is 12.1 Å². The van der Waals surface area contributed by atoms with Crippen LogP contribution in [0.4, 0.5) is 0 Å². The van der Waals surface area contributed by atoms with Crippen LogP contribution in [0.25, 0.3) is 10.1 Å². The van der Waals surface area contributed by atoms with Crippen LogP contribution in [0.2, 0.25) is 0 Å². The smallest absolute Gasteiger partial charge is 1.00 e. The standard InChI is InChI=1S/C8H5S.ClH.Mg/c1-2-4-8-7(3-1)5-6-9-8;;/h1-4,6H;1H;/q-1;;+2/p-1. The van der Waals surface area contributed by atoms with E-state index in [1.807, 2.05) is 17.5 Å². The summed E-state index contributed by atoms with van der Waals surface area (Å²) >= 11 is 1.73. The summed E-state index contributed by atoms with van der Waals surface area (Å²) < 4.78 is 1.32. The van der Waals surface area contributed by atoms with E-state index in [1.165, 1.54) is 10.1 Å². The summed E-state index contributed by atoms with van der Waals surface area (Å²) in [6.45, 7) is 0. The molecule has 0 atom stereocenters. The summed E-state index contributed by atoms with van der Waals surface area (Å²) in [4.78, 5) is 0. The van der Waals surface area contributed by atoms with E-state index < -0.39 is 0 Å². The Balaban J connectivity index is 0.000000500. The fraction of sp³-hybridized carbons (Fsp3) is 0. The van der Waals surface area contributed by atoms with Crippen molar-refractivity contribution < 1.29 is 12.4 Å². The number of benzene rings is 1. The van der Waals surface area contributed by atoms with Crippen molar-refractivity contribution in [3.05, 3.63) is 35.7 Å². The minimum absolute atomic E-state index is 0. The summed E-state index contributed by atoms with van der Waals surface area (Å²) in [6, 6.07) is 11.4. The second kappa shape index (κ2) is 4.98. The third-order valence-corrected chi connectivity index (χ3v) is 2.13. The Labute approximate surface area is 92.2 Å². The van der Waals surface area contributed by atoms with Gasteiger partial charge in [0.25, 0.3) is 0 Å². The Morgan fingerprint density at radius 2 is 1.91 bits per heavy atom. The summed E-state index contributed by atoms with van der Waals surface area (Å²) in [5.41, 5.74) is 0. The average Bonchev–Trinajstić information content (AvgIpc) is 2.33. The SMILES string of the molecule is [Cl-].[Mg+2].[c-]1csc2ccccc12. The van der Waals surface area contributed by atoms with Gasteiger partial charge in [0.05, 0.1) is 0 Å². The van der Waals surface area contributed by atoms with Crippen LogP contribution in [-0.2, 0) is 0 Å². The largest absolute Gasteiger partial charge is 2.00 e. The van der Waals surface area contributed by atoms with Gasteiger partial charge in [0.15, 0.2) is 0 Å². The van der Waals surface area contributed by atoms with E-state index in [0.717, 1.165) is 0 Å². The molecule has 0 amide bonds. The number of thiophene rings is 1. The normalized spacial score (nSPS) is 8.36. The molecule has 0 N–H and O–H groups in total. The summed E-state index contributed by atoms with van der Waals surface area (Å²) in [7, 11) is 0. The zero-order chi connectivity index (χ0) is 6.10. The van der Waals surface area contributed by atoms with Crippen LogP contribution >= 0.6 is 11.3 Å². The van der Waals surface area contributed by atoms with Crippen molar-refractivity contribution >= 4 is 44.5 Å². The van der Waals surface area contributed by atoms with Crippen LogP contribution in [0.3, 0.4) is 0 Å². The maximum atomic E-state index is 3.14. The molecule has 0 radical (unpaired) electrons. The van der Waals surface area contributed by atoms with E-state index in [-0.39, 0.29) is 35.5 Å². The monoisotopic (exact) mass is 192 g/mol. The number of rotatable bonds is 0. The van der Waals surface area contributed by atoms with Gasteiger partial charge < -0.3 is 12.4 Å². The van der Waals surface area contributed by atoms with E-state index in [2.05, 4.69) is 18.2 Å². The number of hydrogen-bond donors (Lipinski definition) is 0. The Bertz CT molecular complexity index is 288.